The van der Waals surface area contributed by atoms with Crippen molar-refractivity contribution in [3.63, 3.8) is 0 Å². The van der Waals surface area contributed by atoms with E-state index < -0.39 is 11.8 Å². The molecule has 1 atom stereocenters. The van der Waals surface area contributed by atoms with Crippen molar-refractivity contribution in [2.24, 2.45) is 0 Å². The molecule has 1 aromatic heterocycles. The second-order valence-electron chi connectivity index (χ2n) is 11.1. The predicted molar refractivity (Wildman–Crippen MR) is 157 cm³/mol. The summed E-state index contributed by atoms with van der Waals surface area (Å²) in [6.45, 7) is 3.75. The van der Waals surface area contributed by atoms with Crippen LogP contribution < -0.4 is 9.47 Å². The van der Waals surface area contributed by atoms with E-state index in [4.69, 9.17) is 24.5 Å². The molecule has 1 N–H and O–H groups in total. The number of carbonyl (C=O) groups is 1. The summed E-state index contributed by atoms with van der Waals surface area (Å²) in [5, 5.41) is 18.7. The van der Waals surface area contributed by atoms with Gasteiger partial charge in [0.05, 0.1) is 49.0 Å². The van der Waals surface area contributed by atoms with Gasteiger partial charge in [0.15, 0.2) is 0 Å². The van der Waals surface area contributed by atoms with Crippen molar-refractivity contribution >= 4 is 17.0 Å². The Bertz CT molecular complexity index is 1680. The van der Waals surface area contributed by atoms with E-state index in [0.29, 0.717) is 35.8 Å². The highest BCUT2D eigenvalue weighted by Gasteiger charge is 2.27. The number of para-hydroxylation sites is 1. The first-order valence-corrected chi connectivity index (χ1v) is 14.5. The van der Waals surface area contributed by atoms with Crippen LogP contribution in [0.25, 0.3) is 11.0 Å². The molecule has 3 aromatic carbocycles. The lowest BCUT2D eigenvalue weighted by atomic mass is 9.89. The van der Waals surface area contributed by atoms with Crippen LogP contribution >= 0.6 is 0 Å². The topological polar surface area (TPSA) is 110 Å². The molecule has 10 heteroatoms. The number of fused-ring (bicyclic) bond motifs is 1. The molecule has 4 aromatic rings. The molecule has 6 rings (SSSR count). The van der Waals surface area contributed by atoms with Crippen LogP contribution in [0.1, 0.15) is 58.1 Å². The molecule has 222 valence electrons. The molecular weight excluding hydrogens is 551 g/mol. The third-order valence-corrected chi connectivity index (χ3v) is 8.42. The average molecular weight is 585 g/mol. The molecule has 0 radical (unpaired) electrons. The number of benzene rings is 3. The fraction of sp³-hybridized carbons (Fsp3) is 0.364. The summed E-state index contributed by atoms with van der Waals surface area (Å²) in [4.78, 5) is 19.1. The van der Waals surface area contributed by atoms with E-state index in [1.807, 2.05) is 24.3 Å². The van der Waals surface area contributed by atoms with Gasteiger partial charge in [-0.05, 0) is 74.2 Å². The molecule has 0 saturated carbocycles. The zero-order valence-electron chi connectivity index (χ0n) is 24.0. The Morgan fingerprint density at radius 3 is 2.60 bits per heavy atom. The second kappa shape index (κ2) is 12.4. The summed E-state index contributed by atoms with van der Waals surface area (Å²) in [7, 11) is 1.53. The Kier molecular flexibility index (Phi) is 8.27. The number of rotatable bonds is 10. The van der Waals surface area contributed by atoms with Crippen molar-refractivity contribution < 1.29 is 28.5 Å². The number of imidazole rings is 1. The normalized spacial score (nSPS) is 17.4. The number of halogens is 1. The molecule has 0 bridgehead atoms. The van der Waals surface area contributed by atoms with Gasteiger partial charge in [0, 0.05) is 12.2 Å². The third kappa shape index (κ3) is 6.05. The van der Waals surface area contributed by atoms with Gasteiger partial charge in [0.2, 0.25) is 0 Å². The van der Waals surface area contributed by atoms with Gasteiger partial charge < -0.3 is 23.9 Å². The van der Waals surface area contributed by atoms with Crippen molar-refractivity contribution in [3.8, 4) is 17.6 Å². The highest BCUT2D eigenvalue weighted by molar-refractivity contribution is 5.95. The molecule has 1 unspecified atom stereocenters. The van der Waals surface area contributed by atoms with E-state index in [1.165, 1.54) is 19.2 Å². The van der Waals surface area contributed by atoms with Gasteiger partial charge in [-0.25, -0.2) is 14.2 Å². The number of carboxylic acids is 1. The molecule has 0 spiro atoms. The Balaban J connectivity index is 1.17. The first-order chi connectivity index (χ1) is 20.9. The molecular formula is C33H33FN4O5. The highest BCUT2D eigenvalue weighted by atomic mass is 19.1. The fourth-order valence-corrected chi connectivity index (χ4v) is 5.92. The van der Waals surface area contributed by atoms with E-state index in [2.05, 4.69) is 15.5 Å². The zero-order chi connectivity index (χ0) is 29.9. The monoisotopic (exact) mass is 584 g/mol. The summed E-state index contributed by atoms with van der Waals surface area (Å²) in [6.07, 6.45) is 2.88. The molecule has 2 fully saturated rings. The fourth-order valence-electron chi connectivity index (χ4n) is 5.92. The second-order valence-corrected chi connectivity index (χ2v) is 11.1. The molecule has 3 heterocycles. The van der Waals surface area contributed by atoms with Crippen molar-refractivity contribution in [1.29, 1.82) is 5.26 Å². The summed E-state index contributed by atoms with van der Waals surface area (Å²) in [6, 6.07) is 17.5. The standard InChI is InChI=1S/C33H33FN4O5/c1-41-30-16-24(33(39)40)15-28-32(30)36-31(38(28)18-25-10-13-42-25)19-37-11-8-22(9-12-37)26-4-2-3-5-29(26)43-20-23-7-6-21(17-35)14-27(23)34/h2-7,14-16,22,25H,8-13,18-20H2,1H3,(H,39,40). The van der Waals surface area contributed by atoms with Gasteiger partial charge in [-0.3, -0.25) is 4.90 Å². The van der Waals surface area contributed by atoms with E-state index in [9.17, 15) is 14.3 Å². The van der Waals surface area contributed by atoms with Crippen molar-refractivity contribution in [1.82, 2.24) is 14.5 Å². The first-order valence-electron chi connectivity index (χ1n) is 14.5. The van der Waals surface area contributed by atoms with Crippen molar-refractivity contribution in [2.45, 2.75) is 51.0 Å². The quantitative estimate of drug-likeness (QED) is 0.260. The lowest BCUT2D eigenvalue weighted by Gasteiger charge is -2.33. The Hall–Kier alpha value is -4.46. The van der Waals surface area contributed by atoms with E-state index in [1.54, 1.807) is 18.2 Å². The van der Waals surface area contributed by atoms with Crippen LogP contribution in [0.15, 0.2) is 54.6 Å². The van der Waals surface area contributed by atoms with Crippen molar-refractivity contribution in [2.75, 3.05) is 26.8 Å². The molecule has 2 saturated heterocycles. The van der Waals surface area contributed by atoms with E-state index in [0.717, 1.165) is 61.6 Å². The van der Waals surface area contributed by atoms with Crippen LogP contribution in [0.3, 0.4) is 0 Å². The molecule has 0 aliphatic carbocycles. The van der Waals surface area contributed by atoms with Crippen LogP contribution in [-0.2, 0) is 24.4 Å². The first kappa shape index (κ1) is 28.6. The average Bonchev–Trinajstić information content (AvgIpc) is 3.34. The number of aromatic nitrogens is 2. The molecule has 2 aliphatic heterocycles. The van der Waals surface area contributed by atoms with Crippen LogP contribution in [0.5, 0.6) is 11.5 Å². The molecule has 0 amide bonds. The Morgan fingerprint density at radius 1 is 1.14 bits per heavy atom. The molecule has 43 heavy (non-hydrogen) atoms. The van der Waals surface area contributed by atoms with E-state index in [-0.39, 0.29) is 23.8 Å². The minimum atomic E-state index is -1.01. The number of nitriles is 1. The number of piperidine rings is 1. The third-order valence-electron chi connectivity index (χ3n) is 8.42. The Labute approximate surface area is 249 Å². The number of nitrogens with zero attached hydrogens (tertiary/aromatic N) is 4. The number of ether oxygens (including phenoxy) is 3. The maximum atomic E-state index is 14.4. The highest BCUT2D eigenvalue weighted by Crippen LogP contribution is 2.36. The summed E-state index contributed by atoms with van der Waals surface area (Å²) in [5.41, 5.74) is 3.35. The maximum Gasteiger partial charge on any atom is 0.335 e. The van der Waals surface area contributed by atoms with Gasteiger partial charge >= 0.3 is 5.97 Å². The van der Waals surface area contributed by atoms with E-state index >= 15 is 0 Å². The lowest BCUT2D eigenvalue weighted by Crippen LogP contribution is -2.35. The molecule has 9 nitrogen and oxygen atoms in total. The van der Waals surface area contributed by atoms with Gasteiger partial charge in [-0.1, -0.05) is 24.3 Å². The summed E-state index contributed by atoms with van der Waals surface area (Å²) in [5.74, 6) is 0.880. The number of carboxylic acid groups (broad SMARTS) is 1. The summed E-state index contributed by atoms with van der Waals surface area (Å²) >= 11 is 0. The van der Waals surface area contributed by atoms with Gasteiger partial charge in [-0.15, -0.1) is 0 Å². The SMILES string of the molecule is COc1cc(C(=O)O)cc2c1nc(CN1CCC(c3ccccc3OCc3ccc(C#N)cc3F)CC1)n2CC1CCO1. The molecule has 2 aliphatic rings. The number of likely N-dealkylation sites (tertiary alicyclic amines) is 1. The predicted octanol–water partition coefficient (Wildman–Crippen LogP) is 5.50. The van der Waals surface area contributed by atoms with Crippen LogP contribution in [-0.4, -0.2) is 58.4 Å². The number of aromatic carboxylic acids is 1. The number of hydrogen-bond acceptors (Lipinski definition) is 7. The van der Waals surface area contributed by atoms with Crippen LogP contribution in [0.4, 0.5) is 4.39 Å². The minimum absolute atomic E-state index is 0.0793. The van der Waals surface area contributed by atoms with Gasteiger partial charge in [0.25, 0.3) is 0 Å². The lowest BCUT2D eigenvalue weighted by molar-refractivity contribution is -0.0592. The minimum Gasteiger partial charge on any atom is -0.494 e. The Morgan fingerprint density at radius 2 is 1.93 bits per heavy atom. The van der Waals surface area contributed by atoms with Crippen LogP contribution in [0, 0.1) is 17.1 Å². The van der Waals surface area contributed by atoms with Gasteiger partial charge in [0.1, 0.15) is 35.3 Å². The van der Waals surface area contributed by atoms with Crippen LogP contribution in [0.2, 0.25) is 0 Å². The van der Waals surface area contributed by atoms with Crippen molar-refractivity contribution in [3.05, 3.63) is 88.5 Å². The number of methoxy groups -OCH3 is 1. The van der Waals surface area contributed by atoms with Gasteiger partial charge in [-0.2, -0.15) is 5.26 Å². The summed E-state index contributed by atoms with van der Waals surface area (Å²) < 4.78 is 33.8. The smallest absolute Gasteiger partial charge is 0.335 e. The zero-order valence-corrected chi connectivity index (χ0v) is 24.0. The maximum absolute atomic E-state index is 14.4. The largest absolute Gasteiger partial charge is 0.494 e. The number of hydrogen-bond donors (Lipinski definition) is 1.